The van der Waals surface area contributed by atoms with Crippen molar-refractivity contribution in [3.63, 3.8) is 0 Å². The zero-order chi connectivity index (χ0) is 18.4. The summed E-state index contributed by atoms with van der Waals surface area (Å²) in [6, 6.07) is 3.72. The van der Waals surface area contributed by atoms with Gasteiger partial charge in [-0.2, -0.15) is 0 Å². The van der Waals surface area contributed by atoms with E-state index in [1.54, 1.807) is 0 Å². The summed E-state index contributed by atoms with van der Waals surface area (Å²) < 4.78 is 13.5. The number of nitrogens with one attached hydrogen (secondary N) is 1. The molecule has 0 spiro atoms. The van der Waals surface area contributed by atoms with Gasteiger partial charge < -0.3 is 5.32 Å². The van der Waals surface area contributed by atoms with Gasteiger partial charge in [-0.05, 0) is 38.3 Å². The van der Waals surface area contributed by atoms with Crippen molar-refractivity contribution in [2.24, 2.45) is 5.92 Å². The van der Waals surface area contributed by atoms with Crippen LogP contribution < -0.4 is 5.32 Å². The molecule has 2 rings (SSSR count). The van der Waals surface area contributed by atoms with E-state index in [1.165, 1.54) is 12.1 Å². The number of nitro groups is 1. The molecule has 0 unspecified atom stereocenters. The highest BCUT2D eigenvalue weighted by Gasteiger charge is 2.31. The van der Waals surface area contributed by atoms with Crippen molar-refractivity contribution >= 4 is 11.6 Å². The first-order valence-electron chi connectivity index (χ1n) is 8.87. The summed E-state index contributed by atoms with van der Waals surface area (Å²) in [5, 5.41) is 14.1. The summed E-state index contributed by atoms with van der Waals surface area (Å²) in [4.78, 5) is 25.0. The summed E-state index contributed by atoms with van der Waals surface area (Å²) >= 11 is 0. The Kier molecular flexibility index (Phi) is 6.87. The molecule has 1 aliphatic rings. The van der Waals surface area contributed by atoms with Crippen LogP contribution in [0.5, 0.6) is 0 Å². The van der Waals surface area contributed by atoms with E-state index in [1.807, 2.05) is 11.8 Å². The SMILES string of the molecule is CCCCNC(=O)[C@H]1CC[C@H](C)N(Cc2cc(F)ccc2[N+](=O)[O-])C1. The minimum atomic E-state index is -0.488. The predicted octanol–water partition coefficient (Wildman–Crippen LogP) is 3.25. The van der Waals surface area contributed by atoms with Gasteiger partial charge in [-0.3, -0.25) is 19.8 Å². The molecular formula is C18H26FN3O3. The van der Waals surface area contributed by atoms with Crippen molar-refractivity contribution in [1.82, 2.24) is 10.2 Å². The Morgan fingerprint density at radius 1 is 1.44 bits per heavy atom. The Morgan fingerprint density at radius 2 is 2.20 bits per heavy atom. The number of rotatable bonds is 7. The van der Waals surface area contributed by atoms with Crippen LogP contribution >= 0.6 is 0 Å². The largest absolute Gasteiger partial charge is 0.356 e. The number of unbranched alkanes of at least 4 members (excludes halogenated alkanes) is 1. The molecule has 1 saturated heterocycles. The van der Waals surface area contributed by atoms with E-state index in [4.69, 9.17) is 0 Å². The number of hydrogen-bond acceptors (Lipinski definition) is 4. The van der Waals surface area contributed by atoms with Crippen molar-refractivity contribution in [1.29, 1.82) is 0 Å². The average Bonchev–Trinajstić information content (AvgIpc) is 2.56. The number of nitro benzene ring substituents is 1. The van der Waals surface area contributed by atoms with Gasteiger partial charge >= 0.3 is 0 Å². The van der Waals surface area contributed by atoms with Gasteiger partial charge in [-0.1, -0.05) is 13.3 Å². The van der Waals surface area contributed by atoms with Gasteiger partial charge in [0.2, 0.25) is 5.91 Å². The molecule has 138 valence electrons. The zero-order valence-corrected chi connectivity index (χ0v) is 14.8. The Hall–Kier alpha value is -2.02. The lowest BCUT2D eigenvalue weighted by Gasteiger charge is -2.37. The van der Waals surface area contributed by atoms with Crippen LogP contribution in [0.4, 0.5) is 10.1 Å². The van der Waals surface area contributed by atoms with Gasteiger partial charge in [0.15, 0.2) is 0 Å². The maximum atomic E-state index is 13.5. The minimum Gasteiger partial charge on any atom is -0.356 e. The maximum Gasteiger partial charge on any atom is 0.274 e. The monoisotopic (exact) mass is 351 g/mol. The number of likely N-dealkylation sites (tertiary alicyclic amines) is 1. The molecule has 0 aliphatic carbocycles. The van der Waals surface area contributed by atoms with Crippen LogP contribution in [0, 0.1) is 21.8 Å². The van der Waals surface area contributed by atoms with E-state index >= 15 is 0 Å². The van der Waals surface area contributed by atoms with Gasteiger partial charge in [0, 0.05) is 37.3 Å². The number of carbonyl (C=O) groups excluding carboxylic acids is 1. The van der Waals surface area contributed by atoms with E-state index in [0.29, 0.717) is 18.7 Å². The minimum absolute atomic E-state index is 0.0408. The number of hydrogen-bond donors (Lipinski definition) is 1. The summed E-state index contributed by atoms with van der Waals surface area (Å²) in [5.74, 6) is -0.570. The normalized spacial score (nSPS) is 21.1. The zero-order valence-electron chi connectivity index (χ0n) is 14.8. The van der Waals surface area contributed by atoms with Crippen molar-refractivity contribution in [2.75, 3.05) is 13.1 Å². The molecule has 1 aromatic carbocycles. The first-order valence-corrected chi connectivity index (χ1v) is 8.87. The van der Waals surface area contributed by atoms with Crippen LogP contribution in [0.1, 0.15) is 45.1 Å². The van der Waals surface area contributed by atoms with Crippen LogP contribution in [0.15, 0.2) is 18.2 Å². The van der Waals surface area contributed by atoms with Gasteiger partial charge in [0.05, 0.1) is 10.8 Å². The highest BCUT2D eigenvalue weighted by atomic mass is 19.1. The summed E-state index contributed by atoms with van der Waals surface area (Å²) in [5.41, 5.74) is 0.270. The van der Waals surface area contributed by atoms with Crippen molar-refractivity contribution < 1.29 is 14.1 Å². The van der Waals surface area contributed by atoms with Crippen LogP contribution in [-0.2, 0) is 11.3 Å². The van der Waals surface area contributed by atoms with Crippen LogP contribution in [0.3, 0.4) is 0 Å². The van der Waals surface area contributed by atoms with E-state index in [-0.39, 0.29) is 30.1 Å². The Morgan fingerprint density at radius 3 is 2.88 bits per heavy atom. The third-order valence-electron chi connectivity index (χ3n) is 4.82. The lowest BCUT2D eigenvalue weighted by atomic mass is 9.92. The molecule has 2 atom stereocenters. The highest BCUT2D eigenvalue weighted by molar-refractivity contribution is 5.78. The second kappa shape index (κ2) is 8.89. The van der Waals surface area contributed by atoms with Crippen LogP contribution in [0.25, 0.3) is 0 Å². The van der Waals surface area contributed by atoms with E-state index in [2.05, 4.69) is 12.2 Å². The molecule has 1 amide bonds. The molecule has 1 heterocycles. The number of benzene rings is 1. The van der Waals surface area contributed by atoms with Gasteiger partial charge in [-0.25, -0.2) is 4.39 Å². The van der Waals surface area contributed by atoms with Crippen LogP contribution in [0.2, 0.25) is 0 Å². The molecule has 7 heteroatoms. The van der Waals surface area contributed by atoms with E-state index in [9.17, 15) is 19.3 Å². The number of piperidine rings is 1. The summed E-state index contributed by atoms with van der Waals surface area (Å²) in [6.07, 6.45) is 3.63. The molecule has 6 nitrogen and oxygen atoms in total. The van der Waals surface area contributed by atoms with Crippen molar-refractivity contribution in [3.8, 4) is 0 Å². The topological polar surface area (TPSA) is 75.5 Å². The molecule has 0 aromatic heterocycles. The predicted molar refractivity (Wildman–Crippen MR) is 93.6 cm³/mol. The molecule has 0 radical (unpaired) electrons. The van der Waals surface area contributed by atoms with E-state index < -0.39 is 10.7 Å². The lowest BCUT2D eigenvalue weighted by molar-refractivity contribution is -0.385. The lowest BCUT2D eigenvalue weighted by Crippen LogP contribution is -2.46. The fourth-order valence-corrected chi connectivity index (χ4v) is 3.22. The first-order chi connectivity index (χ1) is 11.9. The molecule has 1 aliphatic heterocycles. The number of amides is 1. The Labute approximate surface area is 147 Å². The smallest absolute Gasteiger partial charge is 0.274 e. The fourth-order valence-electron chi connectivity index (χ4n) is 3.22. The Balaban J connectivity index is 2.06. The van der Waals surface area contributed by atoms with Gasteiger partial charge in [0.1, 0.15) is 5.82 Å². The molecule has 1 aromatic rings. The summed E-state index contributed by atoms with van der Waals surface area (Å²) in [6.45, 7) is 5.59. The maximum absolute atomic E-state index is 13.5. The fraction of sp³-hybridized carbons (Fsp3) is 0.611. The quantitative estimate of drug-likeness (QED) is 0.465. The third kappa shape index (κ3) is 5.22. The Bertz CT molecular complexity index is 624. The third-order valence-corrected chi connectivity index (χ3v) is 4.82. The second-order valence-corrected chi connectivity index (χ2v) is 6.73. The first kappa shape index (κ1) is 19.3. The molecule has 1 N–H and O–H groups in total. The molecule has 25 heavy (non-hydrogen) atoms. The van der Waals surface area contributed by atoms with Crippen LogP contribution in [-0.4, -0.2) is 34.9 Å². The molecule has 0 saturated carbocycles. The molecule has 0 bridgehead atoms. The van der Waals surface area contributed by atoms with Gasteiger partial charge in [0.25, 0.3) is 5.69 Å². The van der Waals surface area contributed by atoms with Gasteiger partial charge in [-0.15, -0.1) is 0 Å². The number of nitrogens with zero attached hydrogens (tertiary/aromatic N) is 2. The standard InChI is InChI=1S/C18H26FN3O3/c1-3-4-9-20-18(23)14-6-5-13(2)21(11-14)12-15-10-16(19)7-8-17(15)22(24)25/h7-8,10,13-14H,3-6,9,11-12H2,1-2H3,(H,20,23)/t13-,14-/m0/s1. The van der Waals surface area contributed by atoms with E-state index in [0.717, 1.165) is 31.7 Å². The van der Waals surface area contributed by atoms with Crippen molar-refractivity contribution in [3.05, 3.63) is 39.7 Å². The second-order valence-electron chi connectivity index (χ2n) is 6.73. The van der Waals surface area contributed by atoms with Crippen molar-refractivity contribution in [2.45, 2.75) is 52.1 Å². The molecular weight excluding hydrogens is 325 g/mol. The average molecular weight is 351 g/mol. The molecule has 1 fully saturated rings. The highest BCUT2D eigenvalue weighted by Crippen LogP contribution is 2.27. The summed E-state index contributed by atoms with van der Waals surface area (Å²) in [7, 11) is 0. The number of carbonyl (C=O) groups is 1. The number of halogens is 1.